The zero-order valence-corrected chi connectivity index (χ0v) is 29.9. The number of ether oxygens (including phenoxy) is 7. The van der Waals surface area contributed by atoms with E-state index in [1.54, 1.807) is 36.4 Å². The number of benzene rings is 3. The van der Waals surface area contributed by atoms with Crippen LogP contribution in [-0.4, -0.2) is 92.0 Å². The molecule has 0 saturated heterocycles. The Kier molecular flexibility index (Phi) is 16.7. The molecular formula is C41H44O13. The molecule has 3 rings (SSSR count). The Morgan fingerprint density at radius 1 is 0.519 bits per heavy atom. The van der Waals surface area contributed by atoms with Crippen molar-refractivity contribution in [2.75, 3.05) is 39.6 Å². The monoisotopic (exact) mass is 744 g/mol. The van der Waals surface area contributed by atoms with Gasteiger partial charge in [-0.2, -0.15) is 0 Å². The van der Waals surface area contributed by atoms with Gasteiger partial charge in [-0.15, -0.1) is 0 Å². The summed E-state index contributed by atoms with van der Waals surface area (Å²) >= 11 is 0. The van der Waals surface area contributed by atoms with Crippen molar-refractivity contribution in [2.45, 2.75) is 30.7 Å². The summed E-state index contributed by atoms with van der Waals surface area (Å²) in [6.07, 6.45) is 1.01. The zero-order valence-electron chi connectivity index (χ0n) is 29.9. The molecule has 0 aliphatic heterocycles. The average molecular weight is 745 g/mol. The third kappa shape index (κ3) is 13.1. The summed E-state index contributed by atoms with van der Waals surface area (Å²) in [7, 11) is 0. The largest absolute Gasteiger partial charge is 0.491 e. The molecule has 0 fully saturated rings. The highest BCUT2D eigenvalue weighted by atomic mass is 16.6. The van der Waals surface area contributed by atoms with Gasteiger partial charge in [0.1, 0.15) is 69.1 Å². The van der Waals surface area contributed by atoms with Gasteiger partial charge >= 0.3 is 23.9 Å². The molecule has 0 bridgehead atoms. The van der Waals surface area contributed by atoms with Crippen LogP contribution in [0.3, 0.4) is 0 Å². The van der Waals surface area contributed by atoms with E-state index >= 15 is 0 Å². The van der Waals surface area contributed by atoms with E-state index in [1.165, 1.54) is 0 Å². The van der Waals surface area contributed by atoms with Crippen molar-refractivity contribution >= 4 is 23.9 Å². The Labute approximate surface area is 313 Å². The second kappa shape index (κ2) is 21.4. The molecule has 3 aromatic carbocycles. The van der Waals surface area contributed by atoms with Crippen molar-refractivity contribution in [2.24, 2.45) is 0 Å². The lowest BCUT2D eigenvalue weighted by atomic mass is 9.71. The maximum absolute atomic E-state index is 11.8. The number of aliphatic hydroxyl groups excluding tert-OH is 2. The van der Waals surface area contributed by atoms with Crippen LogP contribution in [0.4, 0.5) is 0 Å². The Bertz CT molecular complexity index is 1650. The second-order valence-electron chi connectivity index (χ2n) is 11.7. The van der Waals surface area contributed by atoms with Crippen LogP contribution in [0.1, 0.15) is 23.6 Å². The molecular weight excluding hydrogens is 700 g/mol. The number of esters is 4. The van der Waals surface area contributed by atoms with Gasteiger partial charge in [-0.05, 0) is 60.0 Å². The first-order chi connectivity index (χ1) is 25.9. The predicted molar refractivity (Wildman–Crippen MR) is 197 cm³/mol. The van der Waals surface area contributed by atoms with Gasteiger partial charge in [-0.1, -0.05) is 62.7 Å². The lowest BCUT2D eigenvalue weighted by Gasteiger charge is -2.32. The van der Waals surface area contributed by atoms with Gasteiger partial charge in [0.2, 0.25) is 0 Å². The fraction of sp³-hybridized carbons (Fsp3) is 0.268. The molecule has 3 unspecified atom stereocenters. The van der Waals surface area contributed by atoms with E-state index < -0.39 is 47.6 Å². The molecule has 3 aromatic rings. The van der Waals surface area contributed by atoms with Gasteiger partial charge in [0.25, 0.3) is 0 Å². The topological polar surface area (TPSA) is 173 Å². The fourth-order valence-electron chi connectivity index (χ4n) is 4.86. The smallest absolute Gasteiger partial charge is 0.330 e. The van der Waals surface area contributed by atoms with Crippen LogP contribution in [0.2, 0.25) is 0 Å². The highest BCUT2D eigenvalue weighted by Gasteiger charge is 2.31. The molecule has 54 heavy (non-hydrogen) atoms. The van der Waals surface area contributed by atoms with Crippen LogP contribution >= 0.6 is 0 Å². The van der Waals surface area contributed by atoms with Gasteiger partial charge in [0, 0.05) is 29.7 Å². The molecule has 0 aliphatic rings. The molecule has 286 valence electrons. The summed E-state index contributed by atoms with van der Waals surface area (Å²) in [4.78, 5) is 46.0. The Hall–Kier alpha value is -6.18. The molecule has 0 spiro atoms. The van der Waals surface area contributed by atoms with Crippen molar-refractivity contribution in [1.29, 1.82) is 0 Å². The molecule has 13 nitrogen and oxygen atoms in total. The molecule has 0 heterocycles. The second-order valence-corrected chi connectivity index (χ2v) is 11.7. The molecule has 0 aromatic heterocycles. The number of aliphatic hydroxyl groups is 2. The summed E-state index contributed by atoms with van der Waals surface area (Å²) in [5.74, 6) is -1.26. The van der Waals surface area contributed by atoms with Crippen LogP contribution in [0, 0.1) is 0 Å². The average Bonchev–Trinajstić information content (AvgIpc) is 3.21. The maximum atomic E-state index is 11.8. The van der Waals surface area contributed by atoms with Crippen molar-refractivity contribution in [1.82, 2.24) is 0 Å². The molecule has 0 radical (unpaired) electrons. The van der Waals surface area contributed by atoms with Gasteiger partial charge < -0.3 is 43.4 Å². The van der Waals surface area contributed by atoms with Crippen LogP contribution in [-0.2, 0) is 43.5 Å². The standard InChI is InChI=1S/C41H44O13/c1-6-37(44)51-24-31(42)22-48-33-16-10-28(11-17-33)41(5,29-12-18-34(19-13-29)49-23-32(43)25-52-38(45)7-2)30-14-20-35(21-15-30)50-26-36(54-40(47)9-4)27-53-39(46)8-3/h6-21,31-32,36,42-43H,1-4,22-27H2,5H3. The Morgan fingerprint density at radius 3 is 1.17 bits per heavy atom. The normalized spacial score (nSPS) is 13.3. The summed E-state index contributed by atoms with van der Waals surface area (Å²) in [6.45, 7) is 14.3. The zero-order chi connectivity index (χ0) is 39.5. The van der Waals surface area contributed by atoms with E-state index in [-0.39, 0.29) is 39.6 Å². The number of carbonyl (C=O) groups is 4. The van der Waals surface area contributed by atoms with Gasteiger partial charge in [0.15, 0.2) is 6.10 Å². The fourth-order valence-corrected chi connectivity index (χ4v) is 4.86. The Morgan fingerprint density at radius 2 is 0.833 bits per heavy atom. The molecule has 13 heteroatoms. The summed E-state index contributed by atoms with van der Waals surface area (Å²) in [6, 6.07) is 21.9. The van der Waals surface area contributed by atoms with Gasteiger partial charge in [-0.25, -0.2) is 19.2 Å². The highest BCUT2D eigenvalue weighted by molar-refractivity contribution is 5.82. The third-order valence-electron chi connectivity index (χ3n) is 7.81. The SMILES string of the molecule is C=CC(=O)OCC(O)COc1ccc(C(C)(c2ccc(OCC(O)COC(=O)C=C)cc2)c2ccc(OCC(COC(=O)C=C)OC(=O)C=C)cc2)cc1. The summed E-state index contributed by atoms with van der Waals surface area (Å²) in [5, 5.41) is 20.3. The summed E-state index contributed by atoms with van der Waals surface area (Å²) in [5.41, 5.74) is 1.86. The Balaban J connectivity index is 1.84. The molecule has 0 aliphatic carbocycles. The third-order valence-corrected chi connectivity index (χ3v) is 7.81. The molecule has 0 amide bonds. The van der Waals surface area contributed by atoms with E-state index in [2.05, 4.69) is 26.3 Å². The molecule has 3 atom stereocenters. The number of hydrogen-bond donors (Lipinski definition) is 2. The van der Waals surface area contributed by atoms with E-state index in [4.69, 9.17) is 33.2 Å². The number of rotatable bonds is 23. The summed E-state index contributed by atoms with van der Waals surface area (Å²) < 4.78 is 37.3. The lowest BCUT2D eigenvalue weighted by molar-refractivity contribution is -0.154. The van der Waals surface area contributed by atoms with E-state index in [0.717, 1.165) is 41.0 Å². The van der Waals surface area contributed by atoms with Crippen molar-refractivity contribution in [3.63, 3.8) is 0 Å². The minimum Gasteiger partial charge on any atom is -0.491 e. The number of hydrogen-bond acceptors (Lipinski definition) is 13. The predicted octanol–water partition coefficient (Wildman–Crippen LogP) is 4.18. The first-order valence-corrected chi connectivity index (χ1v) is 16.7. The minimum absolute atomic E-state index is 0.111. The first-order valence-electron chi connectivity index (χ1n) is 16.7. The van der Waals surface area contributed by atoms with Crippen LogP contribution < -0.4 is 14.2 Å². The van der Waals surface area contributed by atoms with E-state index in [1.807, 2.05) is 43.3 Å². The van der Waals surface area contributed by atoms with Crippen LogP contribution in [0.25, 0.3) is 0 Å². The quantitative estimate of drug-likeness (QED) is 0.0614. The number of carbonyl (C=O) groups excluding carboxylic acids is 4. The minimum atomic E-state index is -1.05. The van der Waals surface area contributed by atoms with Gasteiger partial charge in [0.05, 0.1) is 0 Å². The molecule has 2 N–H and O–H groups in total. The highest BCUT2D eigenvalue weighted by Crippen LogP contribution is 2.40. The van der Waals surface area contributed by atoms with Crippen LogP contribution in [0.5, 0.6) is 17.2 Å². The maximum Gasteiger partial charge on any atom is 0.330 e. The van der Waals surface area contributed by atoms with E-state index in [0.29, 0.717) is 17.2 Å². The van der Waals surface area contributed by atoms with Crippen molar-refractivity contribution in [3.05, 3.63) is 140 Å². The first kappa shape index (κ1) is 42.2. The van der Waals surface area contributed by atoms with Crippen LogP contribution in [0.15, 0.2) is 123 Å². The lowest BCUT2D eigenvalue weighted by Crippen LogP contribution is -2.30. The van der Waals surface area contributed by atoms with Crippen molar-refractivity contribution in [3.8, 4) is 17.2 Å². The van der Waals surface area contributed by atoms with Crippen molar-refractivity contribution < 1.29 is 62.5 Å². The molecule has 0 saturated carbocycles. The van der Waals surface area contributed by atoms with Gasteiger partial charge in [-0.3, -0.25) is 0 Å². The van der Waals surface area contributed by atoms with E-state index in [9.17, 15) is 29.4 Å².